The molecule has 0 aliphatic rings. The lowest BCUT2D eigenvalue weighted by Gasteiger charge is -2.07. The average Bonchev–Trinajstić information content (AvgIpc) is 2.23. The van der Waals surface area contributed by atoms with Crippen LogP contribution in [0, 0.1) is 0 Å². The lowest BCUT2D eigenvalue weighted by atomic mass is 10.1. The van der Waals surface area contributed by atoms with Gasteiger partial charge in [-0.05, 0) is 47.2 Å². The van der Waals surface area contributed by atoms with E-state index in [2.05, 4.69) is 0 Å². The van der Waals surface area contributed by atoms with Crippen molar-refractivity contribution in [2.45, 2.75) is 51.6 Å². The molecule has 0 aromatic heterocycles. The Morgan fingerprint density at radius 2 is 1.29 bits per heavy atom. The number of hydrogen-bond acceptors (Lipinski definition) is 5. The van der Waals surface area contributed by atoms with Crippen molar-refractivity contribution in [2.24, 2.45) is 0 Å². The minimum atomic E-state index is -0.367. The molecule has 2 nitrogen and oxygen atoms in total. The molecule has 0 rings (SSSR count). The Balaban J connectivity index is 3.66. The zero-order chi connectivity index (χ0) is 13.3. The van der Waals surface area contributed by atoms with Crippen LogP contribution in [0.15, 0.2) is 0 Å². The second-order valence-electron chi connectivity index (χ2n) is 4.14. The summed E-state index contributed by atoms with van der Waals surface area (Å²) in [6, 6.07) is 0. The normalized spacial score (nSPS) is 12.2. The fourth-order valence-electron chi connectivity index (χ4n) is 1.36. The van der Waals surface area contributed by atoms with Gasteiger partial charge in [-0.25, -0.2) is 0 Å². The van der Waals surface area contributed by atoms with Crippen LogP contribution < -0.4 is 0 Å². The van der Waals surface area contributed by atoms with Gasteiger partial charge in [0.1, 0.15) is 0 Å². The van der Waals surface area contributed by atoms with Gasteiger partial charge in [0, 0.05) is 19.4 Å². The molecule has 0 aliphatic heterocycles. The standard InChI is InChI=1S/C12H20O2S3/c1-9(14)8-12(17)5-4-10(15)2-3-11(16)6-7-13/h9,13-14H,2-8H2,1H3. The van der Waals surface area contributed by atoms with E-state index in [4.69, 9.17) is 46.9 Å². The number of hydrogen-bond donors (Lipinski definition) is 2. The van der Waals surface area contributed by atoms with Crippen LogP contribution in [0.2, 0.25) is 0 Å². The van der Waals surface area contributed by atoms with Gasteiger partial charge in [-0.15, -0.1) is 0 Å². The molecule has 98 valence electrons. The monoisotopic (exact) mass is 292 g/mol. The molecule has 0 fully saturated rings. The lowest BCUT2D eigenvalue weighted by molar-refractivity contribution is 0.203. The van der Waals surface area contributed by atoms with E-state index in [1.165, 1.54) is 0 Å². The number of thiocarbonyl (C=S) groups is 3. The van der Waals surface area contributed by atoms with Crippen LogP contribution in [0.25, 0.3) is 0 Å². The van der Waals surface area contributed by atoms with E-state index in [1.54, 1.807) is 6.92 Å². The van der Waals surface area contributed by atoms with Crippen LogP contribution in [-0.2, 0) is 0 Å². The van der Waals surface area contributed by atoms with Gasteiger partial charge >= 0.3 is 0 Å². The van der Waals surface area contributed by atoms with E-state index in [9.17, 15) is 0 Å². The van der Waals surface area contributed by atoms with Gasteiger partial charge in [0.05, 0.1) is 6.10 Å². The molecule has 1 atom stereocenters. The number of rotatable bonds is 10. The third-order valence-corrected chi connectivity index (χ3v) is 3.47. The highest BCUT2D eigenvalue weighted by molar-refractivity contribution is 7.81. The predicted molar refractivity (Wildman–Crippen MR) is 84.3 cm³/mol. The summed E-state index contributed by atoms with van der Waals surface area (Å²) in [5.41, 5.74) is 0. The molecule has 0 spiro atoms. The van der Waals surface area contributed by atoms with Gasteiger partial charge in [0.2, 0.25) is 0 Å². The van der Waals surface area contributed by atoms with E-state index in [1.807, 2.05) is 0 Å². The third-order valence-electron chi connectivity index (χ3n) is 2.28. The maximum atomic E-state index is 9.16. The Hall–Kier alpha value is 0.190. The Bertz CT molecular complexity index is 275. The lowest BCUT2D eigenvalue weighted by Crippen LogP contribution is -2.09. The first kappa shape index (κ1) is 17.2. The maximum Gasteiger partial charge on any atom is 0.0557 e. The second-order valence-corrected chi connectivity index (χ2v) is 5.87. The second kappa shape index (κ2) is 10.1. The first-order valence-corrected chi connectivity index (χ1v) is 7.02. The van der Waals surface area contributed by atoms with Crippen LogP contribution >= 0.6 is 36.7 Å². The van der Waals surface area contributed by atoms with Gasteiger partial charge in [-0.1, -0.05) is 36.7 Å². The molecule has 17 heavy (non-hydrogen) atoms. The molecule has 2 N–H and O–H groups in total. The molecule has 0 amide bonds. The Kier molecular flexibility index (Phi) is 10.3. The topological polar surface area (TPSA) is 40.5 Å². The van der Waals surface area contributed by atoms with Crippen LogP contribution in [0.1, 0.15) is 45.4 Å². The summed E-state index contributed by atoms with van der Waals surface area (Å²) in [5, 5.41) is 17.9. The smallest absolute Gasteiger partial charge is 0.0557 e. The summed E-state index contributed by atoms with van der Waals surface area (Å²) in [4.78, 5) is 2.72. The van der Waals surface area contributed by atoms with E-state index >= 15 is 0 Å². The minimum absolute atomic E-state index is 0.115. The van der Waals surface area contributed by atoms with Gasteiger partial charge < -0.3 is 10.2 Å². The number of aliphatic hydroxyl groups excluding tert-OH is 2. The molecule has 0 saturated carbocycles. The van der Waals surface area contributed by atoms with E-state index in [0.717, 1.165) is 40.3 Å². The van der Waals surface area contributed by atoms with E-state index < -0.39 is 0 Å². The van der Waals surface area contributed by atoms with Crippen molar-refractivity contribution in [2.75, 3.05) is 6.61 Å². The molecule has 0 aliphatic carbocycles. The van der Waals surface area contributed by atoms with Crippen molar-refractivity contribution >= 4 is 51.2 Å². The first-order valence-electron chi connectivity index (χ1n) is 5.79. The Labute approximate surface area is 119 Å². The van der Waals surface area contributed by atoms with Crippen molar-refractivity contribution in [1.82, 2.24) is 0 Å². The molecular weight excluding hydrogens is 272 g/mol. The van der Waals surface area contributed by atoms with Crippen LogP contribution in [0.4, 0.5) is 0 Å². The summed E-state index contributed by atoms with van der Waals surface area (Å²) >= 11 is 15.5. The molecule has 0 aromatic rings. The van der Waals surface area contributed by atoms with E-state index in [0.29, 0.717) is 12.8 Å². The summed E-state index contributed by atoms with van der Waals surface area (Å²) in [6.45, 7) is 1.85. The van der Waals surface area contributed by atoms with Crippen LogP contribution in [0.3, 0.4) is 0 Å². The summed E-state index contributed by atoms with van der Waals surface area (Å²) < 4.78 is 0. The van der Waals surface area contributed by atoms with Crippen molar-refractivity contribution in [3.63, 3.8) is 0 Å². The fraction of sp³-hybridized carbons (Fsp3) is 0.750. The SMILES string of the molecule is CC(O)CC(=S)CCC(=S)CCC(=S)CCO. The predicted octanol–water partition coefficient (Wildman–Crippen LogP) is 2.81. The molecule has 0 aromatic carbocycles. The molecular formula is C12H20O2S3. The van der Waals surface area contributed by atoms with Crippen molar-refractivity contribution < 1.29 is 10.2 Å². The third kappa shape index (κ3) is 11.0. The zero-order valence-electron chi connectivity index (χ0n) is 10.1. The Morgan fingerprint density at radius 1 is 0.882 bits per heavy atom. The Morgan fingerprint density at radius 3 is 1.71 bits per heavy atom. The van der Waals surface area contributed by atoms with Crippen LogP contribution in [-0.4, -0.2) is 37.5 Å². The van der Waals surface area contributed by atoms with Gasteiger partial charge in [-0.2, -0.15) is 0 Å². The fourth-order valence-corrected chi connectivity index (χ4v) is 2.10. The highest BCUT2D eigenvalue weighted by Crippen LogP contribution is 2.08. The van der Waals surface area contributed by atoms with E-state index in [-0.39, 0.29) is 12.7 Å². The zero-order valence-corrected chi connectivity index (χ0v) is 12.6. The molecule has 5 heteroatoms. The molecule has 1 unspecified atom stereocenters. The number of aliphatic hydroxyl groups is 2. The molecule has 0 radical (unpaired) electrons. The van der Waals surface area contributed by atoms with Gasteiger partial charge in [0.25, 0.3) is 0 Å². The highest BCUT2D eigenvalue weighted by atomic mass is 32.1. The highest BCUT2D eigenvalue weighted by Gasteiger charge is 2.05. The molecule has 0 saturated heterocycles. The molecule has 0 heterocycles. The average molecular weight is 292 g/mol. The first-order chi connectivity index (χ1) is 7.95. The summed E-state index contributed by atoms with van der Waals surface area (Å²) in [5.74, 6) is 0. The van der Waals surface area contributed by atoms with Crippen molar-refractivity contribution in [3.8, 4) is 0 Å². The van der Waals surface area contributed by atoms with Crippen molar-refractivity contribution in [3.05, 3.63) is 0 Å². The molecule has 0 bridgehead atoms. The quantitative estimate of drug-likeness (QED) is 0.606. The maximum absolute atomic E-state index is 9.16. The largest absolute Gasteiger partial charge is 0.396 e. The summed E-state index contributed by atoms with van der Waals surface area (Å²) in [7, 11) is 0. The minimum Gasteiger partial charge on any atom is -0.396 e. The van der Waals surface area contributed by atoms with Crippen molar-refractivity contribution in [1.29, 1.82) is 0 Å². The van der Waals surface area contributed by atoms with Gasteiger partial charge in [-0.3, -0.25) is 0 Å². The van der Waals surface area contributed by atoms with Gasteiger partial charge in [0.15, 0.2) is 0 Å². The summed E-state index contributed by atoms with van der Waals surface area (Å²) in [6.07, 6.45) is 3.92. The van der Waals surface area contributed by atoms with Crippen LogP contribution in [0.5, 0.6) is 0 Å².